The lowest BCUT2D eigenvalue weighted by atomic mass is 9.99. The monoisotopic (exact) mass is 462 g/mol. The molecule has 0 bridgehead atoms. The van der Waals surface area contributed by atoms with E-state index in [1.165, 1.54) is 16.9 Å². The van der Waals surface area contributed by atoms with E-state index in [0.717, 1.165) is 0 Å². The zero-order valence-corrected chi connectivity index (χ0v) is 19.5. The summed E-state index contributed by atoms with van der Waals surface area (Å²) in [4.78, 5) is 30.5. The highest BCUT2D eigenvalue weighted by Crippen LogP contribution is 2.39. The van der Waals surface area contributed by atoms with Gasteiger partial charge in [-0.1, -0.05) is 12.1 Å². The highest BCUT2D eigenvalue weighted by molar-refractivity contribution is 6.15. The van der Waals surface area contributed by atoms with E-state index in [1.807, 2.05) is 0 Å². The van der Waals surface area contributed by atoms with Gasteiger partial charge in [0, 0.05) is 11.8 Å². The Morgan fingerprint density at radius 2 is 1.26 bits per heavy atom. The standard InChI is InChI=1S/C26H26N2O6/c1-31-19-9-5-17(6-10-19)25-26(30)27(22-15-21(33-3)13-14-23(22)34-4)16-24(29)28(25)18-7-11-20(32-2)12-8-18/h5-15,25H,16H2,1-4H3/t25-/m0/s1. The van der Waals surface area contributed by atoms with Crippen LogP contribution in [-0.4, -0.2) is 46.8 Å². The van der Waals surface area contributed by atoms with Gasteiger partial charge in [0.05, 0.1) is 34.1 Å². The van der Waals surface area contributed by atoms with Crippen molar-refractivity contribution in [1.29, 1.82) is 0 Å². The molecule has 1 aliphatic heterocycles. The van der Waals surface area contributed by atoms with Gasteiger partial charge in [-0.05, 0) is 54.1 Å². The molecule has 0 N–H and O–H groups in total. The summed E-state index contributed by atoms with van der Waals surface area (Å²) >= 11 is 0. The zero-order valence-electron chi connectivity index (χ0n) is 19.5. The molecule has 176 valence electrons. The predicted molar refractivity (Wildman–Crippen MR) is 128 cm³/mol. The second kappa shape index (κ2) is 9.74. The summed E-state index contributed by atoms with van der Waals surface area (Å²) in [5.41, 5.74) is 1.71. The predicted octanol–water partition coefficient (Wildman–Crippen LogP) is 3.84. The summed E-state index contributed by atoms with van der Waals surface area (Å²) in [6.07, 6.45) is 0. The van der Waals surface area contributed by atoms with Crippen molar-refractivity contribution in [3.63, 3.8) is 0 Å². The summed E-state index contributed by atoms with van der Waals surface area (Å²) in [6.45, 7) is -0.152. The van der Waals surface area contributed by atoms with Gasteiger partial charge in [-0.15, -0.1) is 0 Å². The number of hydrogen-bond acceptors (Lipinski definition) is 6. The Morgan fingerprint density at radius 3 is 1.82 bits per heavy atom. The van der Waals surface area contributed by atoms with E-state index in [-0.39, 0.29) is 18.4 Å². The Balaban J connectivity index is 1.82. The summed E-state index contributed by atoms with van der Waals surface area (Å²) < 4.78 is 21.3. The number of piperazine rings is 1. The number of carbonyl (C=O) groups excluding carboxylic acids is 2. The Labute approximate surface area is 198 Å². The van der Waals surface area contributed by atoms with Crippen molar-refractivity contribution in [3.05, 3.63) is 72.3 Å². The first-order chi connectivity index (χ1) is 16.5. The SMILES string of the molecule is COc1ccc([C@H]2C(=O)N(c3cc(OC)ccc3OC)CC(=O)N2c2ccc(OC)cc2)cc1. The van der Waals surface area contributed by atoms with E-state index in [0.29, 0.717) is 39.9 Å². The van der Waals surface area contributed by atoms with Gasteiger partial charge in [-0.2, -0.15) is 0 Å². The molecule has 4 rings (SSSR count). The van der Waals surface area contributed by atoms with Gasteiger partial charge in [0.15, 0.2) is 0 Å². The summed E-state index contributed by atoms with van der Waals surface area (Å²) in [5, 5.41) is 0. The molecular formula is C26H26N2O6. The fourth-order valence-electron chi connectivity index (χ4n) is 4.02. The van der Waals surface area contributed by atoms with Crippen molar-refractivity contribution in [2.24, 2.45) is 0 Å². The van der Waals surface area contributed by atoms with Crippen LogP contribution in [0.25, 0.3) is 0 Å². The van der Waals surface area contributed by atoms with E-state index < -0.39 is 6.04 Å². The Hall–Kier alpha value is -4.20. The van der Waals surface area contributed by atoms with Crippen molar-refractivity contribution in [2.75, 3.05) is 44.8 Å². The third kappa shape index (κ3) is 4.22. The molecule has 2 amide bonds. The molecule has 1 fully saturated rings. The molecule has 0 unspecified atom stereocenters. The molecule has 0 spiro atoms. The molecule has 0 aromatic heterocycles. The number of ether oxygens (including phenoxy) is 4. The number of amides is 2. The van der Waals surface area contributed by atoms with Crippen LogP contribution in [0.1, 0.15) is 11.6 Å². The zero-order chi connectivity index (χ0) is 24.2. The fraction of sp³-hybridized carbons (Fsp3) is 0.231. The maximum absolute atomic E-state index is 14.0. The van der Waals surface area contributed by atoms with Crippen LogP contribution < -0.4 is 28.7 Å². The second-order valence-corrected chi connectivity index (χ2v) is 7.60. The average Bonchev–Trinajstić information content (AvgIpc) is 2.89. The summed E-state index contributed by atoms with van der Waals surface area (Å²) in [5.74, 6) is 1.81. The highest BCUT2D eigenvalue weighted by Gasteiger charge is 2.42. The van der Waals surface area contributed by atoms with Crippen LogP contribution in [-0.2, 0) is 9.59 Å². The number of methoxy groups -OCH3 is 4. The molecule has 8 heteroatoms. The maximum Gasteiger partial charge on any atom is 0.255 e. The quantitative estimate of drug-likeness (QED) is 0.531. The highest BCUT2D eigenvalue weighted by atomic mass is 16.5. The van der Waals surface area contributed by atoms with E-state index in [4.69, 9.17) is 18.9 Å². The molecular weight excluding hydrogens is 436 g/mol. The molecule has 0 saturated carbocycles. The number of hydrogen-bond donors (Lipinski definition) is 0. The number of rotatable bonds is 7. The Morgan fingerprint density at radius 1 is 0.706 bits per heavy atom. The third-order valence-corrected chi connectivity index (χ3v) is 5.78. The number of benzene rings is 3. The minimum Gasteiger partial charge on any atom is -0.497 e. The molecule has 0 radical (unpaired) electrons. The number of carbonyl (C=O) groups is 2. The van der Waals surface area contributed by atoms with Gasteiger partial charge in [0.2, 0.25) is 5.91 Å². The van der Waals surface area contributed by atoms with Crippen LogP contribution in [0, 0.1) is 0 Å². The van der Waals surface area contributed by atoms with Crippen LogP contribution in [0.2, 0.25) is 0 Å². The van der Waals surface area contributed by atoms with Crippen molar-refractivity contribution >= 4 is 23.2 Å². The van der Waals surface area contributed by atoms with Crippen LogP contribution in [0.5, 0.6) is 23.0 Å². The summed E-state index contributed by atoms with van der Waals surface area (Å²) in [7, 11) is 6.21. The first kappa shape index (κ1) is 23.0. The molecule has 3 aromatic carbocycles. The van der Waals surface area contributed by atoms with Crippen LogP contribution >= 0.6 is 0 Å². The fourth-order valence-corrected chi connectivity index (χ4v) is 4.02. The number of anilines is 2. The van der Waals surface area contributed by atoms with Crippen molar-refractivity contribution < 1.29 is 28.5 Å². The van der Waals surface area contributed by atoms with Gasteiger partial charge < -0.3 is 18.9 Å². The lowest BCUT2D eigenvalue weighted by Gasteiger charge is -2.40. The van der Waals surface area contributed by atoms with E-state index >= 15 is 0 Å². The lowest BCUT2D eigenvalue weighted by molar-refractivity contribution is -0.128. The Kier molecular flexibility index (Phi) is 6.58. The lowest BCUT2D eigenvalue weighted by Crippen LogP contribution is -2.56. The van der Waals surface area contributed by atoms with Crippen molar-refractivity contribution in [3.8, 4) is 23.0 Å². The van der Waals surface area contributed by atoms with Crippen LogP contribution in [0.15, 0.2) is 66.7 Å². The molecule has 1 heterocycles. The third-order valence-electron chi connectivity index (χ3n) is 5.78. The molecule has 34 heavy (non-hydrogen) atoms. The molecule has 8 nitrogen and oxygen atoms in total. The van der Waals surface area contributed by atoms with E-state index in [9.17, 15) is 9.59 Å². The van der Waals surface area contributed by atoms with Gasteiger partial charge in [-0.25, -0.2) is 0 Å². The maximum atomic E-state index is 14.0. The van der Waals surface area contributed by atoms with Crippen LogP contribution in [0.3, 0.4) is 0 Å². The molecule has 1 saturated heterocycles. The van der Waals surface area contributed by atoms with Gasteiger partial charge in [-0.3, -0.25) is 19.4 Å². The van der Waals surface area contributed by atoms with Crippen molar-refractivity contribution in [2.45, 2.75) is 6.04 Å². The smallest absolute Gasteiger partial charge is 0.255 e. The van der Waals surface area contributed by atoms with Gasteiger partial charge in [0.1, 0.15) is 35.6 Å². The Bertz CT molecular complexity index is 1180. The normalized spacial score (nSPS) is 15.8. The first-order valence-electron chi connectivity index (χ1n) is 10.6. The van der Waals surface area contributed by atoms with E-state index in [1.54, 1.807) is 88.1 Å². The minimum atomic E-state index is -0.892. The van der Waals surface area contributed by atoms with Crippen LogP contribution in [0.4, 0.5) is 11.4 Å². The molecule has 0 aliphatic carbocycles. The second-order valence-electron chi connectivity index (χ2n) is 7.60. The average molecular weight is 463 g/mol. The number of nitrogens with zero attached hydrogens (tertiary/aromatic N) is 2. The first-order valence-corrected chi connectivity index (χ1v) is 10.6. The van der Waals surface area contributed by atoms with Crippen molar-refractivity contribution in [1.82, 2.24) is 0 Å². The minimum absolute atomic E-state index is 0.152. The summed E-state index contributed by atoms with van der Waals surface area (Å²) in [6, 6.07) is 18.4. The molecule has 1 atom stereocenters. The van der Waals surface area contributed by atoms with Gasteiger partial charge in [0.25, 0.3) is 5.91 Å². The largest absolute Gasteiger partial charge is 0.497 e. The topological polar surface area (TPSA) is 77.5 Å². The van der Waals surface area contributed by atoms with E-state index in [2.05, 4.69) is 0 Å². The van der Waals surface area contributed by atoms with Gasteiger partial charge >= 0.3 is 0 Å². The molecule has 1 aliphatic rings. The molecule has 3 aromatic rings.